The monoisotopic (exact) mass is 130 g/mol. The summed E-state index contributed by atoms with van der Waals surface area (Å²) in [7, 11) is 0. The quantitative estimate of drug-likeness (QED) is 0.246. The van der Waals surface area contributed by atoms with Crippen LogP contribution in [0.1, 0.15) is 26.7 Å². The lowest BCUT2D eigenvalue weighted by Crippen LogP contribution is -1.89. The van der Waals surface area contributed by atoms with Crippen LogP contribution in [0.3, 0.4) is 0 Å². The molecule has 0 aliphatic heterocycles. The highest BCUT2D eigenvalue weighted by Crippen LogP contribution is 1.88. The van der Waals surface area contributed by atoms with Crippen LogP contribution in [-0.4, -0.2) is 6.61 Å². The molecule has 0 spiro atoms. The molecule has 54 valence electrons. The highest BCUT2D eigenvalue weighted by atomic mass is 17.2. The van der Waals surface area contributed by atoms with Crippen LogP contribution in [0.25, 0.3) is 0 Å². The van der Waals surface area contributed by atoms with Crippen LogP contribution >= 0.6 is 0 Å². The topological polar surface area (TPSA) is 18.5 Å². The van der Waals surface area contributed by atoms with E-state index in [-0.39, 0.29) is 0 Å². The fraction of sp³-hybridized carbons (Fsp3) is 0.714. The van der Waals surface area contributed by atoms with Crippen LogP contribution in [0.5, 0.6) is 0 Å². The molecule has 0 aliphatic carbocycles. The number of allylic oxidation sites excluding steroid dienone is 1. The van der Waals surface area contributed by atoms with Gasteiger partial charge in [-0.3, -0.25) is 0 Å². The molecule has 0 aromatic heterocycles. The molecule has 9 heavy (non-hydrogen) atoms. The first-order valence-corrected chi connectivity index (χ1v) is 3.31. The van der Waals surface area contributed by atoms with Gasteiger partial charge in [0.1, 0.15) is 6.26 Å². The molecule has 0 heterocycles. The van der Waals surface area contributed by atoms with Gasteiger partial charge in [0.2, 0.25) is 0 Å². The van der Waals surface area contributed by atoms with Crippen LogP contribution in [0, 0.1) is 0 Å². The predicted molar refractivity (Wildman–Crippen MR) is 36.8 cm³/mol. The van der Waals surface area contributed by atoms with Gasteiger partial charge in [-0.25, -0.2) is 0 Å². The van der Waals surface area contributed by atoms with Gasteiger partial charge in [0.25, 0.3) is 0 Å². The Balaban J connectivity index is 2.75. The van der Waals surface area contributed by atoms with E-state index < -0.39 is 0 Å². The maximum atomic E-state index is 4.73. The molecule has 0 aromatic carbocycles. The molecule has 0 radical (unpaired) electrons. The highest BCUT2D eigenvalue weighted by Gasteiger charge is 1.81. The second kappa shape index (κ2) is 7.50. The summed E-state index contributed by atoms with van der Waals surface area (Å²) in [5.74, 6) is 0. The average Bonchev–Trinajstić information content (AvgIpc) is 1.89. The maximum absolute atomic E-state index is 4.73. The van der Waals surface area contributed by atoms with Gasteiger partial charge in [-0.05, 0) is 19.4 Å². The minimum atomic E-state index is 0.681. The Bertz CT molecular complexity index is 69.3. The average molecular weight is 130 g/mol. The Kier molecular flexibility index (Phi) is 7.08. The summed E-state index contributed by atoms with van der Waals surface area (Å²) in [6.45, 7) is 4.67. The molecule has 0 amide bonds. The van der Waals surface area contributed by atoms with Gasteiger partial charge in [-0.15, -0.1) is 0 Å². The Morgan fingerprint density at radius 3 is 2.78 bits per heavy atom. The molecule has 0 aliphatic rings. The SMILES string of the molecule is CC=COOCCCC. The van der Waals surface area contributed by atoms with Crippen molar-refractivity contribution < 1.29 is 9.78 Å². The molecule has 0 saturated heterocycles. The van der Waals surface area contributed by atoms with E-state index in [2.05, 4.69) is 11.8 Å². The summed E-state index contributed by atoms with van der Waals surface area (Å²) in [6, 6.07) is 0. The van der Waals surface area contributed by atoms with Crippen molar-refractivity contribution in [3.63, 3.8) is 0 Å². The summed E-state index contributed by atoms with van der Waals surface area (Å²) < 4.78 is 0. The van der Waals surface area contributed by atoms with E-state index in [1.54, 1.807) is 6.08 Å². The van der Waals surface area contributed by atoms with E-state index in [9.17, 15) is 0 Å². The van der Waals surface area contributed by atoms with E-state index in [0.717, 1.165) is 12.8 Å². The zero-order valence-corrected chi connectivity index (χ0v) is 6.09. The van der Waals surface area contributed by atoms with E-state index in [4.69, 9.17) is 4.89 Å². The maximum Gasteiger partial charge on any atom is 0.125 e. The van der Waals surface area contributed by atoms with Crippen molar-refractivity contribution in [2.45, 2.75) is 26.7 Å². The van der Waals surface area contributed by atoms with Gasteiger partial charge in [0.15, 0.2) is 0 Å². The molecule has 0 aromatic rings. The first kappa shape index (κ1) is 8.50. The third-order valence-corrected chi connectivity index (χ3v) is 0.841. The second-order valence-corrected chi connectivity index (χ2v) is 1.74. The number of hydrogen-bond acceptors (Lipinski definition) is 2. The van der Waals surface area contributed by atoms with Gasteiger partial charge in [-0.2, -0.15) is 4.89 Å². The molecule has 2 heteroatoms. The molecule has 0 atom stereocenters. The minimum Gasteiger partial charge on any atom is -0.346 e. The standard InChI is InChI=1S/C7H14O2/c1-3-5-7-9-8-6-4-2/h4,6H,3,5,7H2,1-2H3. The molecule has 0 saturated carbocycles. The number of unbranched alkanes of at least 4 members (excludes halogenated alkanes) is 1. The minimum absolute atomic E-state index is 0.681. The fourth-order valence-electron chi connectivity index (χ4n) is 0.346. The van der Waals surface area contributed by atoms with Crippen molar-refractivity contribution >= 4 is 0 Å². The van der Waals surface area contributed by atoms with E-state index in [0.29, 0.717) is 6.61 Å². The van der Waals surface area contributed by atoms with Crippen LogP contribution in [-0.2, 0) is 9.78 Å². The molecule has 0 rings (SSSR count). The summed E-state index contributed by atoms with van der Waals surface area (Å²) in [5, 5.41) is 0. The van der Waals surface area contributed by atoms with Crippen molar-refractivity contribution in [3.8, 4) is 0 Å². The number of hydrogen-bond donors (Lipinski definition) is 0. The molecule has 0 fully saturated rings. The van der Waals surface area contributed by atoms with Gasteiger partial charge in [0.05, 0.1) is 6.61 Å². The van der Waals surface area contributed by atoms with Crippen molar-refractivity contribution in [1.82, 2.24) is 0 Å². The molecular weight excluding hydrogens is 116 g/mol. The lowest BCUT2D eigenvalue weighted by molar-refractivity contribution is -0.249. The van der Waals surface area contributed by atoms with Gasteiger partial charge < -0.3 is 4.89 Å². The van der Waals surface area contributed by atoms with E-state index in [1.807, 2.05) is 6.92 Å². The lowest BCUT2D eigenvalue weighted by Gasteiger charge is -1.96. The summed E-state index contributed by atoms with van der Waals surface area (Å²) in [5.41, 5.74) is 0. The molecular formula is C7H14O2. The van der Waals surface area contributed by atoms with Crippen molar-refractivity contribution in [3.05, 3.63) is 12.3 Å². The first-order valence-electron chi connectivity index (χ1n) is 3.31. The van der Waals surface area contributed by atoms with Gasteiger partial charge in [-0.1, -0.05) is 13.3 Å². The third-order valence-electron chi connectivity index (χ3n) is 0.841. The van der Waals surface area contributed by atoms with Crippen LogP contribution in [0.4, 0.5) is 0 Å². The largest absolute Gasteiger partial charge is 0.346 e. The number of rotatable bonds is 5. The van der Waals surface area contributed by atoms with E-state index >= 15 is 0 Å². The van der Waals surface area contributed by atoms with Crippen molar-refractivity contribution in [1.29, 1.82) is 0 Å². The zero-order valence-electron chi connectivity index (χ0n) is 6.09. The normalized spacial score (nSPS) is 10.4. The van der Waals surface area contributed by atoms with Gasteiger partial charge >= 0.3 is 0 Å². The lowest BCUT2D eigenvalue weighted by atomic mass is 10.4. The summed E-state index contributed by atoms with van der Waals surface area (Å²) in [6.07, 6.45) is 5.50. The first-order chi connectivity index (χ1) is 4.41. The Morgan fingerprint density at radius 2 is 2.22 bits per heavy atom. The Hall–Kier alpha value is -0.500. The van der Waals surface area contributed by atoms with E-state index in [1.165, 1.54) is 6.26 Å². The van der Waals surface area contributed by atoms with Crippen LogP contribution in [0.15, 0.2) is 12.3 Å². The zero-order chi connectivity index (χ0) is 6.95. The van der Waals surface area contributed by atoms with Crippen molar-refractivity contribution in [2.24, 2.45) is 0 Å². The molecule has 2 nitrogen and oxygen atoms in total. The van der Waals surface area contributed by atoms with Crippen LogP contribution in [0.2, 0.25) is 0 Å². The smallest absolute Gasteiger partial charge is 0.125 e. The summed E-state index contributed by atoms with van der Waals surface area (Å²) >= 11 is 0. The Labute approximate surface area is 56.4 Å². The van der Waals surface area contributed by atoms with Crippen LogP contribution < -0.4 is 0 Å². The third kappa shape index (κ3) is 7.50. The second-order valence-electron chi connectivity index (χ2n) is 1.74. The van der Waals surface area contributed by atoms with Gasteiger partial charge in [0, 0.05) is 0 Å². The molecule has 0 unspecified atom stereocenters. The summed E-state index contributed by atoms with van der Waals surface area (Å²) in [4.78, 5) is 9.33. The highest BCUT2D eigenvalue weighted by molar-refractivity contribution is 4.62. The van der Waals surface area contributed by atoms with Crippen molar-refractivity contribution in [2.75, 3.05) is 6.61 Å². The molecule has 0 N–H and O–H groups in total. The fourth-order valence-corrected chi connectivity index (χ4v) is 0.346. The molecule has 0 bridgehead atoms. The predicted octanol–water partition coefficient (Wildman–Crippen LogP) is 2.27. The Morgan fingerprint density at radius 1 is 1.44 bits per heavy atom.